The molecule has 6 heteroatoms. The Balaban J connectivity index is 2.47. The minimum absolute atomic E-state index is 0.214. The van der Waals surface area contributed by atoms with Crippen LogP contribution in [0.5, 0.6) is 0 Å². The number of aromatic nitrogens is 2. The van der Waals surface area contributed by atoms with Crippen LogP contribution in [0.25, 0.3) is 0 Å². The van der Waals surface area contributed by atoms with Gasteiger partial charge in [0.1, 0.15) is 5.51 Å². The molecule has 1 unspecified atom stereocenters. The zero-order valence-electron chi connectivity index (χ0n) is 6.65. The fourth-order valence-corrected chi connectivity index (χ4v) is 1.06. The molecule has 0 fully saturated rings. The summed E-state index contributed by atoms with van der Waals surface area (Å²) in [5, 5.41) is 10.3. The van der Waals surface area contributed by atoms with Crippen molar-refractivity contribution in [2.24, 2.45) is 5.73 Å². The van der Waals surface area contributed by atoms with E-state index in [2.05, 4.69) is 15.5 Å². The van der Waals surface area contributed by atoms with Gasteiger partial charge in [-0.15, -0.1) is 10.2 Å². The van der Waals surface area contributed by atoms with E-state index in [1.54, 1.807) is 5.51 Å². The summed E-state index contributed by atoms with van der Waals surface area (Å²) in [5.41, 5.74) is 7.03. The lowest BCUT2D eigenvalue weighted by atomic mass is 10.2. The van der Waals surface area contributed by atoms with Gasteiger partial charge < -0.3 is 5.73 Å². The molecule has 5 nitrogen and oxygen atoms in total. The van der Waals surface area contributed by atoms with E-state index in [9.17, 15) is 4.79 Å². The van der Waals surface area contributed by atoms with Gasteiger partial charge in [0.05, 0.1) is 6.04 Å². The summed E-state index contributed by atoms with van der Waals surface area (Å²) in [6.07, 6.45) is 0.616. The summed E-state index contributed by atoms with van der Waals surface area (Å²) in [4.78, 5) is 11.1. The van der Waals surface area contributed by atoms with Gasteiger partial charge in [-0.25, -0.2) is 0 Å². The third-order valence-corrected chi connectivity index (χ3v) is 1.97. The molecule has 3 N–H and O–H groups in total. The van der Waals surface area contributed by atoms with Crippen LogP contribution in [-0.4, -0.2) is 22.1 Å². The zero-order chi connectivity index (χ0) is 8.97. The Bertz CT molecular complexity index is 248. The highest BCUT2D eigenvalue weighted by atomic mass is 32.1. The van der Waals surface area contributed by atoms with Crippen molar-refractivity contribution in [3.8, 4) is 0 Å². The highest BCUT2D eigenvalue weighted by Crippen LogP contribution is 2.08. The van der Waals surface area contributed by atoms with E-state index in [0.29, 0.717) is 11.6 Å². The van der Waals surface area contributed by atoms with Crippen LogP contribution in [0, 0.1) is 0 Å². The van der Waals surface area contributed by atoms with E-state index in [4.69, 9.17) is 5.73 Å². The summed E-state index contributed by atoms with van der Waals surface area (Å²) in [6, 6.07) is -0.464. The summed E-state index contributed by atoms with van der Waals surface area (Å²) in [6.45, 7) is 1.85. The third kappa shape index (κ3) is 2.24. The predicted molar refractivity (Wildman–Crippen MR) is 46.8 cm³/mol. The number of nitrogens with two attached hydrogens (primary N) is 1. The van der Waals surface area contributed by atoms with Crippen molar-refractivity contribution < 1.29 is 4.79 Å². The van der Waals surface area contributed by atoms with Crippen molar-refractivity contribution in [2.75, 3.05) is 5.32 Å². The van der Waals surface area contributed by atoms with Crippen LogP contribution >= 0.6 is 11.3 Å². The van der Waals surface area contributed by atoms with E-state index in [-0.39, 0.29) is 5.91 Å². The molecular formula is C6H10N4OS. The number of carbonyl (C=O) groups excluding carboxylic acids is 1. The maximum Gasteiger partial charge on any atom is 0.243 e. The van der Waals surface area contributed by atoms with Gasteiger partial charge in [0.15, 0.2) is 0 Å². The molecule has 1 aromatic heterocycles. The number of nitrogens with one attached hydrogen (secondary N) is 1. The Labute approximate surface area is 74.0 Å². The summed E-state index contributed by atoms with van der Waals surface area (Å²) in [5.74, 6) is -0.214. The number of rotatable bonds is 3. The highest BCUT2D eigenvalue weighted by Gasteiger charge is 2.11. The molecule has 1 heterocycles. The molecule has 0 spiro atoms. The predicted octanol–water partition coefficient (Wildman–Crippen LogP) is 0.214. The molecule has 0 bridgehead atoms. The normalized spacial score (nSPS) is 12.5. The van der Waals surface area contributed by atoms with Gasteiger partial charge >= 0.3 is 0 Å². The van der Waals surface area contributed by atoms with Crippen LogP contribution in [0.2, 0.25) is 0 Å². The number of amides is 1. The van der Waals surface area contributed by atoms with Crippen LogP contribution in [0.15, 0.2) is 5.51 Å². The van der Waals surface area contributed by atoms with Crippen LogP contribution in [0.1, 0.15) is 13.3 Å². The van der Waals surface area contributed by atoms with Gasteiger partial charge in [0.2, 0.25) is 11.0 Å². The number of hydrogen-bond donors (Lipinski definition) is 2. The van der Waals surface area contributed by atoms with Gasteiger partial charge in [-0.2, -0.15) is 0 Å². The molecule has 0 saturated carbocycles. The van der Waals surface area contributed by atoms with Gasteiger partial charge in [-0.3, -0.25) is 10.1 Å². The standard InChI is InChI=1S/C6H10N4OS/c1-2-4(7)5(11)9-6-10-8-3-12-6/h3-4H,2,7H2,1H3,(H,9,10,11). The van der Waals surface area contributed by atoms with E-state index >= 15 is 0 Å². The Hall–Kier alpha value is -1.01. The van der Waals surface area contributed by atoms with E-state index in [1.807, 2.05) is 6.92 Å². The molecule has 12 heavy (non-hydrogen) atoms. The molecular weight excluding hydrogens is 176 g/mol. The number of hydrogen-bond acceptors (Lipinski definition) is 5. The van der Waals surface area contributed by atoms with Crippen LogP contribution < -0.4 is 11.1 Å². The second-order valence-corrected chi connectivity index (χ2v) is 3.08. The van der Waals surface area contributed by atoms with Crippen LogP contribution in [0.4, 0.5) is 5.13 Å². The molecule has 0 saturated heterocycles. The fourth-order valence-electron chi connectivity index (χ4n) is 0.611. The van der Waals surface area contributed by atoms with Crippen LogP contribution in [0.3, 0.4) is 0 Å². The Morgan fingerprint density at radius 1 is 1.92 bits per heavy atom. The zero-order valence-corrected chi connectivity index (χ0v) is 7.47. The van der Waals surface area contributed by atoms with Crippen molar-refractivity contribution in [3.63, 3.8) is 0 Å². The first kappa shape index (κ1) is 9.08. The monoisotopic (exact) mass is 186 g/mol. The lowest BCUT2D eigenvalue weighted by Crippen LogP contribution is -2.34. The average Bonchev–Trinajstić information content (AvgIpc) is 2.55. The first-order valence-corrected chi connectivity index (χ1v) is 4.44. The number of carbonyl (C=O) groups is 1. The van der Waals surface area contributed by atoms with Crippen molar-refractivity contribution >= 4 is 22.4 Å². The average molecular weight is 186 g/mol. The maximum absolute atomic E-state index is 11.1. The van der Waals surface area contributed by atoms with E-state index in [1.165, 1.54) is 11.3 Å². The summed E-state index contributed by atoms with van der Waals surface area (Å²) in [7, 11) is 0. The molecule has 66 valence electrons. The summed E-state index contributed by atoms with van der Waals surface area (Å²) >= 11 is 1.27. The molecule has 1 rings (SSSR count). The molecule has 0 aliphatic heterocycles. The molecule has 0 radical (unpaired) electrons. The second kappa shape index (κ2) is 4.13. The molecule has 1 aromatic rings. The number of nitrogens with zero attached hydrogens (tertiary/aromatic N) is 2. The topological polar surface area (TPSA) is 80.9 Å². The smallest absolute Gasteiger partial charge is 0.243 e. The van der Waals surface area contributed by atoms with Gasteiger partial charge in [-0.05, 0) is 6.42 Å². The third-order valence-electron chi connectivity index (χ3n) is 1.37. The van der Waals surface area contributed by atoms with E-state index < -0.39 is 6.04 Å². The fraction of sp³-hybridized carbons (Fsp3) is 0.500. The lowest BCUT2D eigenvalue weighted by Gasteiger charge is -2.06. The minimum Gasteiger partial charge on any atom is -0.320 e. The van der Waals surface area contributed by atoms with E-state index in [0.717, 1.165) is 0 Å². The molecule has 0 aliphatic rings. The summed E-state index contributed by atoms with van der Waals surface area (Å²) < 4.78 is 0. The quantitative estimate of drug-likeness (QED) is 0.707. The first-order chi connectivity index (χ1) is 5.74. The minimum atomic E-state index is -0.464. The SMILES string of the molecule is CCC(N)C(=O)Nc1nncs1. The Morgan fingerprint density at radius 3 is 3.17 bits per heavy atom. The molecule has 1 amide bonds. The van der Waals surface area contributed by atoms with Gasteiger partial charge in [0.25, 0.3) is 0 Å². The van der Waals surface area contributed by atoms with Gasteiger partial charge in [-0.1, -0.05) is 18.3 Å². The number of anilines is 1. The Morgan fingerprint density at radius 2 is 2.67 bits per heavy atom. The van der Waals surface area contributed by atoms with Crippen molar-refractivity contribution in [1.29, 1.82) is 0 Å². The van der Waals surface area contributed by atoms with Crippen molar-refractivity contribution in [3.05, 3.63) is 5.51 Å². The Kier molecular flexibility index (Phi) is 3.12. The van der Waals surface area contributed by atoms with Gasteiger partial charge in [0, 0.05) is 0 Å². The molecule has 0 aliphatic carbocycles. The largest absolute Gasteiger partial charge is 0.320 e. The van der Waals surface area contributed by atoms with Crippen molar-refractivity contribution in [2.45, 2.75) is 19.4 Å². The van der Waals surface area contributed by atoms with Crippen LogP contribution in [-0.2, 0) is 4.79 Å². The maximum atomic E-state index is 11.1. The molecule has 1 atom stereocenters. The highest BCUT2D eigenvalue weighted by molar-refractivity contribution is 7.13. The first-order valence-electron chi connectivity index (χ1n) is 3.56. The second-order valence-electron chi connectivity index (χ2n) is 2.25. The lowest BCUT2D eigenvalue weighted by molar-refractivity contribution is -0.117. The van der Waals surface area contributed by atoms with Crippen molar-refractivity contribution in [1.82, 2.24) is 10.2 Å². The molecule has 0 aromatic carbocycles.